The molecule has 0 saturated heterocycles. The number of hydrogen-bond acceptors (Lipinski definition) is 4. The Morgan fingerprint density at radius 2 is 1.83 bits per heavy atom. The molecule has 0 aromatic rings. The summed E-state index contributed by atoms with van der Waals surface area (Å²) in [6, 6.07) is 0.00131. The number of hydrogen-bond donors (Lipinski definition) is 2. The lowest BCUT2D eigenvalue weighted by atomic mass is 10.2. The van der Waals surface area contributed by atoms with Gasteiger partial charge in [-0.15, -0.1) is 0 Å². The number of rotatable bonds is 5. The molecule has 0 saturated carbocycles. The molecule has 18 heavy (non-hydrogen) atoms. The van der Waals surface area contributed by atoms with Gasteiger partial charge in [-0.1, -0.05) is 0 Å². The van der Waals surface area contributed by atoms with E-state index in [2.05, 4.69) is 10.6 Å². The first-order chi connectivity index (χ1) is 8.11. The summed E-state index contributed by atoms with van der Waals surface area (Å²) in [6.07, 6.45) is -0.449. The first kappa shape index (κ1) is 16.7. The van der Waals surface area contributed by atoms with Crippen LogP contribution in [-0.4, -0.2) is 55.7 Å². The highest BCUT2D eigenvalue weighted by atomic mass is 16.6. The van der Waals surface area contributed by atoms with E-state index in [0.29, 0.717) is 6.54 Å². The van der Waals surface area contributed by atoms with Gasteiger partial charge in [-0.2, -0.15) is 0 Å². The highest BCUT2D eigenvalue weighted by Crippen LogP contribution is 2.06. The summed E-state index contributed by atoms with van der Waals surface area (Å²) in [5.74, 6) is -0.000817. The fraction of sp³-hybridized carbons (Fsp3) is 0.833. The number of alkyl carbamates (subject to hydrolysis) is 1. The molecule has 0 aliphatic rings. The maximum atomic E-state index is 11.4. The third kappa shape index (κ3) is 8.81. The van der Waals surface area contributed by atoms with Crippen LogP contribution >= 0.6 is 0 Å². The summed E-state index contributed by atoms with van der Waals surface area (Å²) < 4.78 is 5.10. The molecule has 6 nitrogen and oxygen atoms in total. The summed E-state index contributed by atoms with van der Waals surface area (Å²) in [5.41, 5.74) is -0.498. The molecule has 0 rings (SSSR count). The van der Waals surface area contributed by atoms with Crippen LogP contribution in [0.5, 0.6) is 0 Å². The molecule has 0 heterocycles. The molecule has 1 atom stereocenters. The molecule has 0 spiro atoms. The molecule has 2 amide bonds. The Morgan fingerprint density at radius 3 is 2.28 bits per heavy atom. The molecule has 0 fully saturated rings. The average Bonchev–Trinajstić information content (AvgIpc) is 2.20. The molecular formula is C12H25N3O3. The van der Waals surface area contributed by atoms with Gasteiger partial charge in [-0.3, -0.25) is 4.79 Å². The Kier molecular flexibility index (Phi) is 6.68. The number of carbonyl (C=O) groups excluding carboxylic acids is 2. The van der Waals surface area contributed by atoms with Crippen molar-refractivity contribution in [3.05, 3.63) is 0 Å². The maximum absolute atomic E-state index is 11.4. The quantitative estimate of drug-likeness (QED) is 0.757. The van der Waals surface area contributed by atoms with Gasteiger partial charge in [0.1, 0.15) is 5.60 Å². The van der Waals surface area contributed by atoms with Crippen LogP contribution < -0.4 is 10.6 Å². The van der Waals surface area contributed by atoms with Crippen molar-refractivity contribution in [2.75, 3.05) is 27.2 Å². The number of carbonyl (C=O) groups is 2. The lowest BCUT2D eigenvalue weighted by molar-refractivity contribution is -0.127. The zero-order chi connectivity index (χ0) is 14.3. The van der Waals surface area contributed by atoms with E-state index < -0.39 is 11.7 Å². The Bertz CT molecular complexity index is 285. The summed E-state index contributed by atoms with van der Waals surface area (Å²) in [5, 5.41) is 5.66. The summed E-state index contributed by atoms with van der Waals surface area (Å²) in [7, 11) is 3.40. The topological polar surface area (TPSA) is 70.7 Å². The Labute approximate surface area is 109 Å². The lowest BCUT2D eigenvalue weighted by Crippen LogP contribution is -2.44. The van der Waals surface area contributed by atoms with E-state index in [4.69, 9.17) is 4.74 Å². The van der Waals surface area contributed by atoms with Crippen molar-refractivity contribution in [1.82, 2.24) is 15.5 Å². The minimum atomic E-state index is -0.498. The highest BCUT2D eigenvalue weighted by molar-refractivity contribution is 5.77. The van der Waals surface area contributed by atoms with Gasteiger partial charge in [-0.25, -0.2) is 4.79 Å². The number of likely N-dealkylation sites (N-methyl/N-ethyl adjacent to an activating group) is 1. The van der Waals surface area contributed by atoms with Crippen molar-refractivity contribution in [2.24, 2.45) is 0 Å². The van der Waals surface area contributed by atoms with Crippen LogP contribution in [-0.2, 0) is 9.53 Å². The van der Waals surface area contributed by atoms with E-state index in [9.17, 15) is 9.59 Å². The van der Waals surface area contributed by atoms with Crippen LogP contribution in [0.4, 0.5) is 4.79 Å². The second-order valence-corrected chi connectivity index (χ2v) is 5.45. The Hall–Kier alpha value is -1.30. The monoisotopic (exact) mass is 259 g/mol. The van der Waals surface area contributed by atoms with Gasteiger partial charge in [0.05, 0.1) is 6.54 Å². The Morgan fingerprint density at radius 1 is 1.28 bits per heavy atom. The van der Waals surface area contributed by atoms with Gasteiger partial charge in [0, 0.05) is 26.7 Å². The summed E-state index contributed by atoms with van der Waals surface area (Å²) in [4.78, 5) is 24.2. The second kappa shape index (κ2) is 7.20. The van der Waals surface area contributed by atoms with Gasteiger partial charge in [0.15, 0.2) is 0 Å². The molecule has 0 aliphatic carbocycles. The van der Waals surface area contributed by atoms with Gasteiger partial charge < -0.3 is 20.3 Å². The van der Waals surface area contributed by atoms with E-state index in [1.54, 1.807) is 14.1 Å². The highest BCUT2D eigenvalue weighted by Gasteiger charge is 2.16. The number of amides is 2. The largest absolute Gasteiger partial charge is 0.444 e. The van der Waals surface area contributed by atoms with Crippen molar-refractivity contribution < 1.29 is 14.3 Å². The fourth-order valence-corrected chi connectivity index (χ4v) is 1.04. The van der Waals surface area contributed by atoms with Crippen molar-refractivity contribution in [1.29, 1.82) is 0 Å². The minimum absolute atomic E-state index is 0.000817. The molecule has 0 aromatic heterocycles. The van der Waals surface area contributed by atoms with E-state index in [1.807, 2.05) is 27.7 Å². The van der Waals surface area contributed by atoms with Crippen LogP contribution in [0.1, 0.15) is 27.7 Å². The number of nitrogens with one attached hydrogen (secondary N) is 2. The smallest absolute Gasteiger partial charge is 0.407 e. The van der Waals surface area contributed by atoms with Crippen LogP contribution in [0.25, 0.3) is 0 Å². The predicted octanol–water partition coefficient (Wildman–Crippen LogP) is 0.577. The number of nitrogens with zero attached hydrogens (tertiary/aromatic N) is 1. The van der Waals surface area contributed by atoms with Crippen molar-refractivity contribution in [3.63, 3.8) is 0 Å². The molecule has 0 aromatic carbocycles. The molecule has 6 heteroatoms. The summed E-state index contributed by atoms with van der Waals surface area (Å²) >= 11 is 0. The van der Waals surface area contributed by atoms with Crippen molar-refractivity contribution in [3.8, 4) is 0 Å². The van der Waals surface area contributed by atoms with Crippen LogP contribution in [0, 0.1) is 0 Å². The second-order valence-electron chi connectivity index (χ2n) is 5.45. The Balaban J connectivity index is 3.80. The van der Waals surface area contributed by atoms with Crippen molar-refractivity contribution >= 4 is 12.0 Å². The van der Waals surface area contributed by atoms with E-state index in [1.165, 1.54) is 4.90 Å². The average molecular weight is 259 g/mol. The first-order valence-electron chi connectivity index (χ1n) is 6.02. The zero-order valence-corrected chi connectivity index (χ0v) is 12.2. The normalized spacial score (nSPS) is 12.8. The molecule has 2 N–H and O–H groups in total. The van der Waals surface area contributed by atoms with Gasteiger partial charge in [-0.05, 0) is 27.7 Å². The van der Waals surface area contributed by atoms with Gasteiger partial charge >= 0.3 is 6.09 Å². The lowest BCUT2D eigenvalue weighted by Gasteiger charge is -2.21. The summed E-state index contributed by atoms with van der Waals surface area (Å²) in [6.45, 7) is 7.98. The molecule has 106 valence electrons. The predicted molar refractivity (Wildman–Crippen MR) is 70.4 cm³/mol. The third-order valence-electron chi connectivity index (χ3n) is 2.05. The first-order valence-corrected chi connectivity index (χ1v) is 6.02. The van der Waals surface area contributed by atoms with Crippen molar-refractivity contribution in [2.45, 2.75) is 39.3 Å². The van der Waals surface area contributed by atoms with Crippen LogP contribution in [0.2, 0.25) is 0 Å². The maximum Gasteiger partial charge on any atom is 0.407 e. The zero-order valence-electron chi connectivity index (χ0n) is 12.2. The molecular weight excluding hydrogens is 234 g/mol. The SMILES string of the molecule is CC(CNC(=O)OC(C)(C)C)NCC(=O)N(C)C. The van der Waals surface area contributed by atoms with Gasteiger partial charge in [0.25, 0.3) is 0 Å². The van der Waals surface area contributed by atoms with E-state index in [-0.39, 0.29) is 18.5 Å². The fourth-order valence-electron chi connectivity index (χ4n) is 1.04. The molecule has 0 radical (unpaired) electrons. The van der Waals surface area contributed by atoms with Crippen LogP contribution in [0.15, 0.2) is 0 Å². The molecule has 0 bridgehead atoms. The van der Waals surface area contributed by atoms with Crippen LogP contribution in [0.3, 0.4) is 0 Å². The number of ether oxygens (including phenoxy) is 1. The van der Waals surface area contributed by atoms with Gasteiger partial charge in [0.2, 0.25) is 5.91 Å². The van der Waals surface area contributed by atoms with E-state index in [0.717, 1.165) is 0 Å². The third-order valence-corrected chi connectivity index (χ3v) is 2.05. The minimum Gasteiger partial charge on any atom is -0.444 e. The molecule has 1 unspecified atom stereocenters. The molecule has 0 aliphatic heterocycles. The van der Waals surface area contributed by atoms with E-state index >= 15 is 0 Å². The standard InChI is InChI=1S/C12H25N3O3/c1-9(13-8-10(16)15(5)6)7-14-11(17)18-12(2,3)4/h9,13H,7-8H2,1-6H3,(H,14,17).